The maximum Gasteiger partial charge on any atom is 0.253 e. The van der Waals surface area contributed by atoms with E-state index in [9.17, 15) is 4.79 Å². The molecule has 1 fully saturated rings. The summed E-state index contributed by atoms with van der Waals surface area (Å²) in [7, 11) is 1.65. The lowest BCUT2D eigenvalue weighted by molar-refractivity contribution is -0.131. The zero-order valence-electron chi connectivity index (χ0n) is 12.5. The number of ether oxygens (including phenoxy) is 2. The van der Waals surface area contributed by atoms with E-state index in [1.165, 1.54) is 0 Å². The van der Waals surface area contributed by atoms with E-state index in [1.807, 2.05) is 48.5 Å². The van der Waals surface area contributed by atoms with Crippen molar-refractivity contribution in [3.05, 3.63) is 54.1 Å². The molecule has 0 saturated carbocycles. The number of hydrogen-bond acceptors (Lipinski definition) is 3. The van der Waals surface area contributed by atoms with E-state index in [4.69, 9.17) is 9.47 Å². The van der Waals surface area contributed by atoms with Gasteiger partial charge in [-0.25, -0.2) is 0 Å². The van der Waals surface area contributed by atoms with Gasteiger partial charge >= 0.3 is 0 Å². The molecule has 0 bridgehead atoms. The Morgan fingerprint density at radius 2 is 1.68 bits per heavy atom. The summed E-state index contributed by atoms with van der Waals surface area (Å²) in [6.45, 7) is 1.28. The summed E-state index contributed by atoms with van der Waals surface area (Å²) in [6, 6.07) is 15.8. The molecular formula is C18H19NO3. The Kier molecular flexibility index (Phi) is 4.39. The van der Waals surface area contributed by atoms with Gasteiger partial charge in [-0.2, -0.15) is 0 Å². The maximum atomic E-state index is 12.0. The fraction of sp³-hybridized carbons (Fsp3) is 0.278. The van der Waals surface area contributed by atoms with Crippen LogP contribution in [0, 0.1) is 0 Å². The molecule has 22 heavy (non-hydrogen) atoms. The summed E-state index contributed by atoms with van der Waals surface area (Å²) in [5.74, 6) is 0.776. The average Bonchev–Trinajstić information content (AvgIpc) is 2.80. The van der Waals surface area contributed by atoms with Gasteiger partial charge in [-0.1, -0.05) is 36.4 Å². The van der Waals surface area contributed by atoms with E-state index in [2.05, 4.69) is 5.32 Å². The van der Waals surface area contributed by atoms with Crippen molar-refractivity contribution < 1.29 is 14.3 Å². The predicted molar refractivity (Wildman–Crippen MR) is 84.7 cm³/mol. The van der Waals surface area contributed by atoms with E-state index >= 15 is 0 Å². The number of benzene rings is 2. The zero-order valence-corrected chi connectivity index (χ0v) is 12.5. The fourth-order valence-corrected chi connectivity index (χ4v) is 2.53. The topological polar surface area (TPSA) is 47.6 Å². The quantitative estimate of drug-likeness (QED) is 0.947. The highest BCUT2D eigenvalue weighted by Gasteiger charge is 2.23. The van der Waals surface area contributed by atoms with Gasteiger partial charge in [0.15, 0.2) is 6.10 Å². The van der Waals surface area contributed by atoms with Crippen LogP contribution in [0.25, 0.3) is 11.1 Å². The van der Waals surface area contributed by atoms with Crippen LogP contribution in [0.15, 0.2) is 48.5 Å². The van der Waals surface area contributed by atoms with Gasteiger partial charge in [-0.3, -0.25) is 4.79 Å². The van der Waals surface area contributed by atoms with E-state index in [1.54, 1.807) is 7.11 Å². The van der Waals surface area contributed by atoms with Crippen LogP contribution in [0.4, 0.5) is 0 Å². The number of hydrogen-bond donors (Lipinski definition) is 1. The summed E-state index contributed by atoms with van der Waals surface area (Å²) in [5, 5.41) is 2.87. The molecule has 1 heterocycles. The molecule has 4 nitrogen and oxygen atoms in total. The third-order valence-electron chi connectivity index (χ3n) is 3.78. The molecule has 1 amide bonds. The summed E-state index contributed by atoms with van der Waals surface area (Å²) in [5.41, 5.74) is 3.09. The number of rotatable bonds is 3. The Labute approximate surface area is 130 Å². The predicted octanol–water partition coefficient (Wildman–Crippen LogP) is 2.94. The first-order valence-electron chi connectivity index (χ1n) is 7.41. The largest absolute Gasteiger partial charge is 0.497 e. The van der Waals surface area contributed by atoms with Crippen molar-refractivity contribution in [1.82, 2.24) is 5.32 Å². The Morgan fingerprint density at radius 1 is 1.05 bits per heavy atom. The number of methoxy groups -OCH3 is 1. The molecule has 0 radical (unpaired) electrons. The maximum absolute atomic E-state index is 12.0. The van der Waals surface area contributed by atoms with Gasteiger partial charge in [0.05, 0.1) is 7.11 Å². The van der Waals surface area contributed by atoms with Crippen LogP contribution in [0.3, 0.4) is 0 Å². The molecule has 1 unspecified atom stereocenters. The lowest BCUT2D eigenvalue weighted by atomic mass is 10.0. The molecule has 1 atom stereocenters. The van der Waals surface area contributed by atoms with Gasteiger partial charge in [-0.15, -0.1) is 0 Å². The van der Waals surface area contributed by atoms with Crippen molar-refractivity contribution in [1.29, 1.82) is 0 Å². The van der Waals surface area contributed by atoms with Crippen LogP contribution in [-0.2, 0) is 9.53 Å². The van der Waals surface area contributed by atoms with Crippen molar-refractivity contribution >= 4 is 5.91 Å². The van der Waals surface area contributed by atoms with Crippen molar-refractivity contribution in [3.63, 3.8) is 0 Å². The minimum absolute atomic E-state index is 0.0605. The smallest absolute Gasteiger partial charge is 0.253 e. The van der Waals surface area contributed by atoms with Crippen LogP contribution in [0.1, 0.15) is 18.1 Å². The molecule has 3 rings (SSSR count). The average molecular weight is 297 g/mol. The standard InChI is InChI=1S/C18H19NO3/c1-21-16-9-7-14(8-10-16)13-3-5-15(6-4-13)17-18(20)19-11-2-12-22-17/h3-10,17H,2,11-12H2,1H3,(H,19,20). The zero-order chi connectivity index (χ0) is 15.4. The molecule has 2 aromatic carbocycles. The van der Waals surface area contributed by atoms with E-state index in [0.29, 0.717) is 13.2 Å². The molecule has 1 aliphatic rings. The SMILES string of the molecule is COc1ccc(-c2ccc(C3OCCCNC3=O)cc2)cc1. The van der Waals surface area contributed by atoms with E-state index in [-0.39, 0.29) is 5.91 Å². The Hall–Kier alpha value is -2.33. The second-order valence-electron chi connectivity index (χ2n) is 5.25. The molecule has 1 N–H and O–H groups in total. The molecular weight excluding hydrogens is 278 g/mol. The van der Waals surface area contributed by atoms with Crippen LogP contribution < -0.4 is 10.1 Å². The molecule has 0 spiro atoms. The lowest BCUT2D eigenvalue weighted by Crippen LogP contribution is -2.28. The molecule has 114 valence electrons. The van der Waals surface area contributed by atoms with Crippen molar-refractivity contribution in [2.24, 2.45) is 0 Å². The highest BCUT2D eigenvalue weighted by atomic mass is 16.5. The molecule has 4 heteroatoms. The first kappa shape index (κ1) is 14.6. The number of amides is 1. The number of carbonyl (C=O) groups excluding carboxylic acids is 1. The summed E-state index contributed by atoms with van der Waals surface area (Å²) in [6.07, 6.45) is 0.346. The van der Waals surface area contributed by atoms with Crippen LogP contribution in [0.2, 0.25) is 0 Å². The highest BCUT2D eigenvalue weighted by molar-refractivity contribution is 5.82. The van der Waals surface area contributed by atoms with Crippen molar-refractivity contribution in [2.45, 2.75) is 12.5 Å². The normalized spacial score (nSPS) is 18.4. The first-order chi connectivity index (χ1) is 10.8. The van der Waals surface area contributed by atoms with Crippen molar-refractivity contribution in [3.8, 4) is 16.9 Å². The molecule has 1 aliphatic heterocycles. The minimum atomic E-state index is -0.507. The fourth-order valence-electron chi connectivity index (χ4n) is 2.53. The second-order valence-corrected chi connectivity index (χ2v) is 5.25. The summed E-state index contributed by atoms with van der Waals surface area (Å²) < 4.78 is 10.8. The van der Waals surface area contributed by atoms with Gasteiger partial charge in [0.1, 0.15) is 5.75 Å². The van der Waals surface area contributed by atoms with E-state index < -0.39 is 6.10 Å². The lowest BCUT2D eigenvalue weighted by Gasteiger charge is -2.14. The van der Waals surface area contributed by atoms with Gasteiger partial charge in [0.25, 0.3) is 5.91 Å². The van der Waals surface area contributed by atoms with Crippen molar-refractivity contribution in [2.75, 3.05) is 20.3 Å². The molecule has 0 aromatic heterocycles. The third-order valence-corrected chi connectivity index (χ3v) is 3.78. The van der Waals surface area contributed by atoms with Gasteiger partial charge < -0.3 is 14.8 Å². The van der Waals surface area contributed by atoms with Gasteiger partial charge in [0.2, 0.25) is 0 Å². The Balaban J connectivity index is 1.80. The van der Waals surface area contributed by atoms with Gasteiger partial charge in [0, 0.05) is 13.2 Å². The second kappa shape index (κ2) is 6.62. The van der Waals surface area contributed by atoms with Gasteiger partial charge in [-0.05, 0) is 35.2 Å². The first-order valence-corrected chi connectivity index (χ1v) is 7.41. The highest BCUT2D eigenvalue weighted by Crippen LogP contribution is 2.26. The van der Waals surface area contributed by atoms with Crippen LogP contribution >= 0.6 is 0 Å². The minimum Gasteiger partial charge on any atom is -0.497 e. The number of carbonyl (C=O) groups is 1. The summed E-state index contributed by atoms with van der Waals surface area (Å²) in [4.78, 5) is 12.0. The monoisotopic (exact) mass is 297 g/mol. The van der Waals surface area contributed by atoms with Crippen LogP contribution in [-0.4, -0.2) is 26.2 Å². The summed E-state index contributed by atoms with van der Waals surface area (Å²) >= 11 is 0. The van der Waals surface area contributed by atoms with Crippen LogP contribution in [0.5, 0.6) is 5.75 Å². The van der Waals surface area contributed by atoms with E-state index in [0.717, 1.165) is 28.9 Å². The molecule has 0 aliphatic carbocycles. The number of nitrogens with one attached hydrogen (secondary N) is 1. The Morgan fingerprint density at radius 3 is 2.32 bits per heavy atom. The Bertz CT molecular complexity index is 634. The molecule has 2 aromatic rings. The molecule has 1 saturated heterocycles. The third kappa shape index (κ3) is 3.12.